The summed E-state index contributed by atoms with van der Waals surface area (Å²) in [4.78, 5) is 0. The number of hydrogen-bond acceptors (Lipinski definition) is 1. The lowest BCUT2D eigenvalue weighted by molar-refractivity contribution is 0.834. The van der Waals surface area contributed by atoms with E-state index in [0.29, 0.717) is 6.54 Å². The third-order valence-corrected chi connectivity index (χ3v) is 3.18. The van der Waals surface area contributed by atoms with Crippen LogP contribution < -0.4 is 5.73 Å². The number of hydrogen-bond donors (Lipinski definition) is 1. The molecule has 0 bridgehead atoms. The van der Waals surface area contributed by atoms with Gasteiger partial charge in [0.1, 0.15) is 0 Å². The van der Waals surface area contributed by atoms with Crippen LogP contribution >= 0.6 is 11.6 Å². The molecule has 0 aromatic heterocycles. The minimum absolute atomic E-state index is 0.688. The maximum absolute atomic E-state index is 6.32. The van der Waals surface area contributed by atoms with Gasteiger partial charge >= 0.3 is 0 Å². The molecule has 0 heterocycles. The van der Waals surface area contributed by atoms with E-state index in [1.54, 1.807) is 0 Å². The molecule has 0 amide bonds. The van der Waals surface area contributed by atoms with Crippen LogP contribution in [0.1, 0.15) is 24.0 Å². The van der Waals surface area contributed by atoms with Gasteiger partial charge in [0.2, 0.25) is 0 Å². The van der Waals surface area contributed by atoms with Gasteiger partial charge in [0.15, 0.2) is 0 Å². The minimum Gasteiger partial charge on any atom is -0.330 e. The van der Waals surface area contributed by atoms with Crippen molar-refractivity contribution >= 4 is 16.6 Å². The van der Waals surface area contributed by atoms with Crippen molar-refractivity contribution in [3.8, 4) is 0 Å². The van der Waals surface area contributed by atoms with Crippen molar-refractivity contribution in [3.05, 3.63) is 41.0 Å². The molecular formula is C12H14ClN. The van der Waals surface area contributed by atoms with Crippen LogP contribution in [-0.4, -0.2) is 6.54 Å². The zero-order valence-electron chi connectivity index (χ0n) is 8.09. The van der Waals surface area contributed by atoms with E-state index >= 15 is 0 Å². The Bertz CT molecular complexity index is 368. The molecule has 1 aliphatic carbocycles. The topological polar surface area (TPSA) is 26.0 Å². The highest BCUT2D eigenvalue weighted by atomic mass is 35.5. The Hall–Kier alpha value is -0.790. The third-order valence-electron chi connectivity index (χ3n) is 2.71. The Morgan fingerprint density at radius 1 is 1.21 bits per heavy atom. The lowest BCUT2D eigenvalue weighted by Crippen LogP contribution is -2.07. The Morgan fingerprint density at radius 3 is 2.79 bits per heavy atom. The average molecular weight is 208 g/mol. The molecule has 2 N–H and O–H groups in total. The SMILES string of the molecule is NCCC1=C(Cl)c2ccccc2CC1. The first-order valence-corrected chi connectivity index (χ1v) is 5.36. The van der Waals surface area contributed by atoms with E-state index in [1.165, 1.54) is 16.7 Å². The van der Waals surface area contributed by atoms with E-state index in [2.05, 4.69) is 18.2 Å². The summed E-state index contributed by atoms with van der Waals surface area (Å²) in [6.45, 7) is 0.688. The number of aryl methyl sites for hydroxylation is 1. The van der Waals surface area contributed by atoms with Crippen LogP contribution in [0.5, 0.6) is 0 Å². The van der Waals surface area contributed by atoms with E-state index in [1.807, 2.05) is 6.07 Å². The molecule has 2 rings (SSSR count). The van der Waals surface area contributed by atoms with Crippen molar-refractivity contribution in [1.29, 1.82) is 0 Å². The first kappa shape index (κ1) is 9.75. The van der Waals surface area contributed by atoms with Gasteiger partial charge in [-0.1, -0.05) is 35.9 Å². The quantitative estimate of drug-likeness (QED) is 0.793. The lowest BCUT2D eigenvalue weighted by atomic mass is 9.90. The summed E-state index contributed by atoms with van der Waals surface area (Å²) in [6.07, 6.45) is 3.09. The molecule has 0 aliphatic heterocycles. The lowest BCUT2D eigenvalue weighted by Gasteiger charge is -2.19. The molecule has 0 radical (unpaired) electrons. The van der Waals surface area contributed by atoms with Crippen LogP contribution in [0.2, 0.25) is 0 Å². The maximum atomic E-state index is 6.32. The molecule has 1 aromatic rings. The standard InChI is InChI=1S/C12H14ClN/c13-12-10(7-8-14)6-5-9-3-1-2-4-11(9)12/h1-4H,5-8,14H2. The van der Waals surface area contributed by atoms with E-state index in [9.17, 15) is 0 Å². The second-order valence-corrected chi connectivity index (χ2v) is 3.99. The fraction of sp³-hybridized carbons (Fsp3) is 0.333. The predicted molar refractivity (Wildman–Crippen MR) is 61.2 cm³/mol. The molecule has 0 unspecified atom stereocenters. The fourth-order valence-corrected chi connectivity index (χ4v) is 2.32. The Balaban J connectivity index is 2.40. The number of benzene rings is 1. The van der Waals surface area contributed by atoms with E-state index in [4.69, 9.17) is 17.3 Å². The van der Waals surface area contributed by atoms with Crippen LogP contribution in [0, 0.1) is 0 Å². The highest BCUT2D eigenvalue weighted by Gasteiger charge is 2.15. The molecule has 2 heteroatoms. The van der Waals surface area contributed by atoms with Gasteiger partial charge in [0.05, 0.1) is 0 Å². The molecule has 1 nitrogen and oxygen atoms in total. The fourth-order valence-electron chi connectivity index (χ4n) is 1.95. The number of nitrogens with two attached hydrogens (primary N) is 1. The zero-order valence-corrected chi connectivity index (χ0v) is 8.85. The van der Waals surface area contributed by atoms with E-state index in [0.717, 1.165) is 24.3 Å². The largest absolute Gasteiger partial charge is 0.330 e. The highest BCUT2D eigenvalue weighted by Crippen LogP contribution is 2.34. The molecule has 1 aliphatic rings. The Labute approximate surface area is 89.6 Å². The van der Waals surface area contributed by atoms with E-state index < -0.39 is 0 Å². The number of fused-ring (bicyclic) bond motifs is 1. The van der Waals surface area contributed by atoms with Gasteiger partial charge < -0.3 is 5.73 Å². The Morgan fingerprint density at radius 2 is 2.00 bits per heavy atom. The van der Waals surface area contributed by atoms with Gasteiger partial charge in [-0.05, 0) is 42.5 Å². The number of halogens is 1. The molecule has 14 heavy (non-hydrogen) atoms. The normalized spacial score (nSPS) is 15.6. The van der Waals surface area contributed by atoms with Gasteiger partial charge in [0.25, 0.3) is 0 Å². The molecule has 0 saturated carbocycles. The maximum Gasteiger partial charge on any atom is 0.0473 e. The zero-order chi connectivity index (χ0) is 9.97. The summed E-state index contributed by atoms with van der Waals surface area (Å²) in [5, 5.41) is 0.928. The van der Waals surface area contributed by atoms with Crippen LogP contribution in [0.3, 0.4) is 0 Å². The highest BCUT2D eigenvalue weighted by molar-refractivity contribution is 6.49. The van der Waals surface area contributed by atoms with Crippen LogP contribution in [0.4, 0.5) is 0 Å². The van der Waals surface area contributed by atoms with Crippen LogP contribution in [0.25, 0.3) is 5.03 Å². The average Bonchev–Trinajstić information content (AvgIpc) is 2.23. The van der Waals surface area contributed by atoms with Crippen molar-refractivity contribution in [2.45, 2.75) is 19.3 Å². The van der Waals surface area contributed by atoms with Gasteiger partial charge in [-0.2, -0.15) is 0 Å². The second-order valence-electron chi connectivity index (χ2n) is 3.61. The van der Waals surface area contributed by atoms with Gasteiger partial charge in [-0.3, -0.25) is 0 Å². The minimum atomic E-state index is 0.688. The summed E-state index contributed by atoms with van der Waals surface area (Å²) >= 11 is 6.32. The van der Waals surface area contributed by atoms with Gasteiger partial charge in [-0.25, -0.2) is 0 Å². The van der Waals surface area contributed by atoms with Crippen molar-refractivity contribution in [2.24, 2.45) is 5.73 Å². The molecule has 1 aromatic carbocycles. The van der Waals surface area contributed by atoms with Crippen molar-refractivity contribution in [3.63, 3.8) is 0 Å². The van der Waals surface area contributed by atoms with E-state index in [-0.39, 0.29) is 0 Å². The number of rotatable bonds is 2. The second kappa shape index (κ2) is 4.16. The van der Waals surface area contributed by atoms with Crippen molar-refractivity contribution in [1.82, 2.24) is 0 Å². The first-order valence-electron chi connectivity index (χ1n) is 4.99. The molecule has 0 atom stereocenters. The van der Waals surface area contributed by atoms with Gasteiger partial charge in [0, 0.05) is 5.03 Å². The summed E-state index contributed by atoms with van der Waals surface area (Å²) in [7, 11) is 0. The summed E-state index contributed by atoms with van der Waals surface area (Å²) < 4.78 is 0. The molecule has 0 spiro atoms. The smallest absolute Gasteiger partial charge is 0.0473 e. The third kappa shape index (κ3) is 1.70. The predicted octanol–water partition coefficient (Wildman–Crippen LogP) is 2.93. The Kier molecular flexibility index (Phi) is 2.90. The molecule has 74 valence electrons. The van der Waals surface area contributed by atoms with Gasteiger partial charge in [-0.15, -0.1) is 0 Å². The molecule has 0 saturated heterocycles. The van der Waals surface area contributed by atoms with Crippen LogP contribution in [-0.2, 0) is 6.42 Å². The monoisotopic (exact) mass is 207 g/mol. The summed E-state index contributed by atoms with van der Waals surface area (Å²) in [6, 6.07) is 8.34. The van der Waals surface area contributed by atoms with Crippen molar-refractivity contribution < 1.29 is 0 Å². The summed E-state index contributed by atoms with van der Waals surface area (Å²) in [5.74, 6) is 0. The van der Waals surface area contributed by atoms with Crippen molar-refractivity contribution in [2.75, 3.05) is 6.54 Å². The molecule has 0 fully saturated rings. The summed E-state index contributed by atoms with van der Waals surface area (Å²) in [5.41, 5.74) is 9.42. The van der Waals surface area contributed by atoms with Crippen LogP contribution in [0.15, 0.2) is 29.8 Å². The molecular weight excluding hydrogens is 194 g/mol. The first-order chi connectivity index (χ1) is 6.83.